The smallest absolute Gasteiger partial charge is 0.184 e. The largest absolute Gasteiger partial charge is 0.330 e. The Morgan fingerprint density at radius 3 is 2.65 bits per heavy atom. The quantitative estimate of drug-likeness (QED) is 0.688. The predicted octanol–water partition coefficient (Wildman–Crippen LogP) is 4.53. The lowest BCUT2D eigenvalue weighted by Gasteiger charge is -2.10. The molecule has 0 saturated carbocycles. The highest BCUT2D eigenvalue weighted by Crippen LogP contribution is 2.26. The Kier molecular flexibility index (Phi) is 3.14. The first-order chi connectivity index (χ1) is 9.63. The maximum Gasteiger partial charge on any atom is 0.184 e. The van der Waals surface area contributed by atoms with Crippen LogP contribution in [-0.2, 0) is 6.42 Å². The first kappa shape index (κ1) is 13.0. The van der Waals surface area contributed by atoms with Crippen molar-refractivity contribution in [1.29, 1.82) is 0 Å². The number of H-pyrrole nitrogens is 1. The van der Waals surface area contributed by atoms with Crippen LogP contribution in [0.5, 0.6) is 0 Å². The number of imidazole rings is 1. The lowest BCUT2D eigenvalue weighted by molar-refractivity contribution is 0.514. The molecule has 1 aromatic heterocycles. The highest BCUT2D eigenvalue weighted by Gasteiger charge is 2.16. The van der Waals surface area contributed by atoms with Crippen molar-refractivity contribution in [2.75, 3.05) is 0 Å². The van der Waals surface area contributed by atoms with E-state index >= 15 is 0 Å². The van der Waals surface area contributed by atoms with E-state index < -0.39 is 11.6 Å². The van der Waals surface area contributed by atoms with Gasteiger partial charge >= 0.3 is 0 Å². The summed E-state index contributed by atoms with van der Waals surface area (Å²) < 4.78 is 29.5. The number of hydrogen-bond donors (Lipinski definition) is 1. The molecule has 0 saturated heterocycles. The summed E-state index contributed by atoms with van der Waals surface area (Å²) in [4.78, 5) is 2.92. The Hall–Kier alpha value is -2.01. The van der Waals surface area contributed by atoms with Crippen molar-refractivity contribution in [1.82, 2.24) is 9.55 Å². The zero-order valence-electron chi connectivity index (χ0n) is 10.8. The predicted molar refractivity (Wildman–Crippen MR) is 77.8 cm³/mol. The maximum atomic E-state index is 14.1. The van der Waals surface area contributed by atoms with Crippen molar-refractivity contribution < 1.29 is 8.78 Å². The molecule has 0 amide bonds. The van der Waals surface area contributed by atoms with Gasteiger partial charge in [-0.25, -0.2) is 8.78 Å². The molecule has 0 radical (unpaired) electrons. The summed E-state index contributed by atoms with van der Waals surface area (Å²) in [6.07, 6.45) is 0.779. The number of halogens is 2. The Morgan fingerprint density at radius 2 is 1.90 bits per heavy atom. The average Bonchev–Trinajstić information content (AvgIpc) is 2.80. The van der Waals surface area contributed by atoms with Gasteiger partial charge in [0.2, 0.25) is 0 Å². The number of nitrogens with zero attached hydrogens (tertiary/aromatic N) is 1. The van der Waals surface area contributed by atoms with Crippen molar-refractivity contribution in [3.63, 3.8) is 0 Å². The van der Waals surface area contributed by atoms with Crippen molar-refractivity contribution >= 4 is 23.3 Å². The minimum Gasteiger partial charge on any atom is -0.330 e. The van der Waals surface area contributed by atoms with Gasteiger partial charge in [-0.05, 0) is 42.4 Å². The summed E-state index contributed by atoms with van der Waals surface area (Å²) in [6, 6.07) is 10.2. The van der Waals surface area contributed by atoms with Crippen LogP contribution in [0.1, 0.15) is 12.5 Å². The van der Waals surface area contributed by atoms with Gasteiger partial charge in [-0.3, -0.25) is 4.57 Å². The monoisotopic (exact) mass is 290 g/mol. The van der Waals surface area contributed by atoms with Crippen LogP contribution in [0, 0.1) is 16.4 Å². The highest BCUT2D eigenvalue weighted by molar-refractivity contribution is 7.71. The second kappa shape index (κ2) is 4.83. The molecule has 3 rings (SSSR count). The molecule has 0 atom stereocenters. The molecule has 2 nitrogen and oxygen atoms in total. The number of benzene rings is 2. The molecule has 0 spiro atoms. The van der Waals surface area contributed by atoms with Crippen LogP contribution in [0.25, 0.3) is 16.7 Å². The van der Waals surface area contributed by atoms with E-state index in [2.05, 4.69) is 4.98 Å². The van der Waals surface area contributed by atoms with E-state index in [1.165, 1.54) is 6.07 Å². The molecule has 0 aliphatic carbocycles. The molecular weight excluding hydrogens is 278 g/mol. The van der Waals surface area contributed by atoms with E-state index in [1.807, 2.05) is 31.2 Å². The zero-order valence-corrected chi connectivity index (χ0v) is 11.6. The van der Waals surface area contributed by atoms with Gasteiger partial charge in [0.15, 0.2) is 16.4 Å². The SMILES string of the molecule is CCc1ccccc1-n1c(=S)[nH]c2ccc(F)c(F)c21. The lowest BCUT2D eigenvalue weighted by atomic mass is 10.1. The molecule has 0 unspecified atom stereocenters. The molecule has 0 aliphatic heterocycles. The van der Waals surface area contributed by atoms with Crippen LogP contribution in [0.2, 0.25) is 0 Å². The number of aryl methyl sites for hydroxylation is 1. The van der Waals surface area contributed by atoms with Gasteiger partial charge in [-0.1, -0.05) is 25.1 Å². The molecule has 1 heterocycles. The topological polar surface area (TPSA) is 20.7 Å². The first-order valence-corrected chi connectivity index (χ1v) is 6.71. The molecule has 20 heavy (non-hydrogen) atoms. The Balaban J connectivity index is 2.45. The number of hydrogen-bond acceptors (Lipinski definition) is 1. The average molecular weight is 290 g/mol. The molecule has 0 aliphatic rings. The van der Waals surface area contributed by atoms with Gasteiger partial charge < -0.3 is 4.98 Å². The number of fused-ring (bicyclic) bond motifs is 1. The molecular formula is C15H12F2N2S. The summed E-state index contributed by atoms with van der Waals surface area (Å²) in [7, 11) is 0. The maximum absolute atomic E-state index is 14.1. The Morgan fingerprint density at radius 1 is 1.15 bits per heavy atom. The van der Waals surface area contributed by atoms with E-state index in [-0.39, 0.29) is 5.52 Å². The van der Waals surface area contributed by atoms with Crippen LogP contribution in [0.4, 0.5) is 8.78 Å². The molecule has 1 N–H and O–H groups in total. The van der Waals surface area contributed by atoms with E-state index in [0.29, 0.717) is 10.3 Å². The minimum atomic E-state index is -0.888. The summed E-state index contributed by atoms with van der Waals surface area (Å²) in [6.45, 7) is 2.01. The molecule has 102 valence electrons. The number of rotatable bonds is 2. The second-order valence-electron chi connectivity index (χ2n) is 4.51. The van der Waals surface area contributed by atoms with Gasteiger partial charge in [0, 0.05) is 0 Å². The summed E-state index contributed by atoms with van der Waals surface area (Å²) >= 11 is 5.26. The third kappa shape index (κ3) is 1.86. The van der Waals surface area contributed by atoms with Gasteiger partial charge in [-0.15, -0.1) is 0 Å². The summed E-state index contributed by atoms with van der Waals surface area (Å²) in [5.41, 5.74) is 2.43. The number of aromatic amines is 1. The lowest BCUT2D eigenvalue weighted by Crippen LogP contribution is -2.01. The van der Waals surface area contributed by atoms with Crippen LogP contribution in [0.15, 0.2) is 36.4 Å². The van der Waals surface area contributed by atoms with Crippen LogP contribution in [0.3, 0.4) is 0 Å². The van der Waals surface area contributed by atoms with Gasteiger partial charge in [0.25, 0.3) is 0 Å². The van der Waals surface area contributed by atoms with E-state index in [1.54, 1.807) is 4.57 Å². The van der Waals surface area contributed by atoms with E-state index in [9.17, 15) is 8.78 Å². The number of aromatic nitrogens is 2. The summed E-state index contributed by atoms with van der Waals surface area (Å²) in [5, 5.41) is 0. The Labute approximate surface area is 119 Å². The fourth-order valence-electron chi connectivity index (χ4n) is 2.39. The molecule has 3 aromatic rings. The third-order valence-electron chi connectivity index (χ3n) is 3.35. The normalized spacial score (nSPS) is 11.2. The number of para-hydroxylation sites is 1. The van der Waals surface area contributed by atoms with Gasteiger partial charge in [0.05, 0.1) is 11.2 Å². The standard InChI is InChI=1S/C15H12F2N2S/c1-2-9-5-3-4-6-12(9)19-14-11(18-15(19)20)8-7-10(16)13(14)17/h3-8H,2H2,1H3,(H,18,20). The fraction of sp³-hybridized carbons (Fsp3) is 0.133. The second-order valence-corrected chi connectivity index (χ2v) is 4.89. The summed E-state index contributed by atoms with van der Waals surface area (Å²) in [5.74, 6) is -1.77. The first-order valence-electron chi connectivity index (χ1n) is 6.30. The molecule has 0 fully saturated rings. The Bertz CT molecular complexity index is 849. The zero-order chi connectivity index (χ0) is 14.3. The van der Waals surface area contributed by atoms with Crippen LogP contribution >= 0.6 is 12.2 Å². The van der Waals surface area contributed by atoms with Crippen molar-refractivity contribution in [3.8, 4) is 5.69 Å². The number of nitrogens with one attached hydrogen (secondary N) is 1. The fourth-order valence-corrected chi connectivity index (χ4v) is 2.69. The van der Waals surface area contributed by atoms with Gasteiger partial charge in [0.1, 0.15) is 5.52 Å². The van der Waals surface area contributed by atoms with Crippen LogP contribution in [-0.4, -0.2) is 9.55 Å². The van der Waals surface area contributed by atoms with E-state index in [0.717, 1.165) is 23.7 Å². The third-order valence-corrected chi connectivity index (χ3v) is 3.64. The minimum absolute atomic E-state index is 0.149. The van der Waals surface area contributed by atoms with Crippen molar-refractivity contribution in [2.24, 2.45) is 0 Å². The molecule has 2 aromatic carbocycles. The van der Waals surface area contributed by atoms with E-state index in [4.69, 9.17) is 12.2 Å². The van der Waals surface area contributed by atoms with Crippen molar-refractivity contribution in [2.45, 2.75) is 13.3 Å². The van der Waals surface area contributed by atoms with Gasteiger partial charge in [-0.2, -0.15) is 0 Å². The molecule has 5 heteroatoms. The highest BCUT2D eigenvalue weighted by atomic mass is 32.1. The van der Waals surface area contributed by atoms with Crippen molar-refractivity contribution in [3.05, 3.63) is 58.4 Å². The molecule has 0 bridgehead atoms. The van der Waals surface area contributed by atoms with Crippen LogP contribution < -0.4 is 0 Å².